The molecule has 2 N–H and O–H groups in total. The number of rotatable bonds is 4. The lowest BCUT2D eigenvalue weighted by Gasteiger charge is -2.36. The first-order valence-corrected chi connectivity index (χ1v) is 10.2. The molecule has 160 valence electrons. The first-order chi connectivity index (χ1) is 14.3. The maximum Gasteiger partial charge on any atom is 0.243 e. The molecule has 0 unspecified atom stereocenters. The van der Waals surface area contributed by atoms with Crippen LogP contribution >= 0.6 is 0 Å². The number of ether oxygens (including phenoxy) is 1. The number of pyridine rings is 1. The monoisotopic (exact) mass is 412 g/mol. The average molecular weight is 412 g/mol. The molecule has 1 fully saturated rings. The molecule has 2 aliphatic rings. The molecule has 2 aromatic heterocycles. The molecule has 1 amide bonds. The quantitative estimate of drug-likeness (QED) is 0.786. The van der Waals surface area contributed by atoms with Crippen molar-refractivity contribution in [1.29, 1.82) is 0 Å². The van der Waals surface area contributed by atoms with E-state index in [4.69, 9.17) is 4.74 Å². The fraction of sp³-hybridized carbons (Fsp3) is 0.524. The summed E-state index contributed by atoms with van der Waals surface area (Å²) in [5.41, 5.74) is 0.539. The highest BCUT2D eigenvalue weighted by Crippen LogP contribution is 2.47. The number of nitrogens with one attached hydrogen (secondary N) is 1. The van der Waals surface area contributed by atoms with Crippen LogP contribution < -0.4 is 15.1 Å². The summed E-state index contributed by atoms with van der Waals surface area (Å²) >= 11 is 0. The van der Waals surface area contributed by atoms with Gasteiger partial charge in [-0.05, 0) is 39.8 Å². The molecule has 2 atom stereocenters. The average Bonchev–Trinajstić information content (AvgIpc) is 2.92. The van der Waals surface area contributed by atoms with Gasteiger partial charge in [-0.1, -0.05) is 0 Å². The molecule has 1 saturated heterocycles. The number of aliphatic hydroxyl groups is 1. The molecule has 0 saturated carbocycles. The summed E-state index contributed by atoms with van der Waals surface area (Å²) < 4.78 is 5.80. The van der Waals surface area contributed by atoms with Gasteiger partial charge in [-0.3, -0.25) is 9.69 Å². The van der Waals surface area contributed by atoms with Crippen LogP contribution in [0.25, 0.3) is 0 Å². The number of morpholine rings is 1. The van der Waals surface area contributed by atoms with Crippen molar-refractivity contribution in [1.82, 2.24) is 15.0 Å². The van der Waals surface area contributed by atoms with Crippen molar-refractivity contribution in [3.63, 3.8) is 0 Å². The molecule has 30 heavy (non-hydrogen) atoms. The molecule has 4 rings (SSSR count). The fourth-order valence-electron chi connectivity index (χ4n) is 4.27. The van der Waals surface area contributed by atoms with E-state index in [-0.39, 0.29) is 30.5 Å². The van der Waals surface area contributed by atoms with Crippen LogP contribution in [0.2, 0.25) is 0 Å². The predicted octanol–water partition coefficient (Wildman–Crippen LogP) is 1.98. The zero-order valence-electron chi connectivity index (χ0n) is 18.0. The largest absolute Gasteiger partial charge is 0.388 e. The van der Waals surface area contributed by atoms with Gasteiger partial charge in [-0.2, -0.15) is 0 Å². The van der Waals surface area contributed by atoms with Crippen LogP contribution in [-0.4, -0.2) is 58.3 Å². The Hall–Kier alpha value is -2.78. The van der Waals surface area contributed by atoms with Gasteiger partial charge in [0.2, 0.25) is 5.91 Å². The molecule has 9 nitrogen and oxygen atoms in total. The van der Waals surface area contributed by atoms with E-state index in [0.29, 0.717) is 22.9 Å². The van der Waals surface area contributed by atoms with Crippen molar-refractivity contribution in [3.05, 3.63) is 29.7 Å². The Morgan fingerprint density at radius 1 is 1.23 bits per heavy atom. The van der Waals surface area contributed by atoms with Crippen LogP contribution in [0.5, 0.6) is 0 Å². The first-order valence-electron chi connectivity index (χ1n) is 10.2. The number of fused-ring (bicyclic) bond motifs is 1. The molecule has 2 aromatic rings. The molecule has 0 spiro atoms. The Morgan fingerprint density at radius 2 is 1.93 bits per heavy atom. The Kier molecular flexibility index (Phi) is 5.11. The van der Waals surface area contributed by atoms with Crippen molar-refractivity contribution in [2.75, 3.05) is 35.3 Å². The first kappa shape index (κ1) is 20.5. The molecular weight excluding hydrogens is 384 g/mol. The van der Waals surface area contributed by atoms with Crippen LogP contribution in [0.4, 0.5) is 23.1 Å². The number of hydrogen-bond donors (Lipinski definition) is 2. The molecule has 0 aromatic carbocycles. The Morgan fingerprint density at radius 3 is 2.50 bits per heavy atom. The summed E-state index contributed by atoms with van der Waals surface area (Å²) in [7, 11) is 1.74. The molecule has 0 radical (unpaired) electrons. The van der Waals surface area contributed by atoms with Crippen molar-refractivity contribution in [2.45, 2.75) is 51.9 Å². The molecule has 9 heteroatoms. The zero-order chi connectivity index (χ0) is 21.6. The topological polar surface area (TPSA) is 104 Å². The Balaban J connectivity index is 1.72. The van der Waals surface area contributed by atoms with E-state index in [9.17, 15) is 9.90 Å². The van der Waals surface area contributed by atoms with Crippen molar-refractivity contribution in [3.8, 4) is 0 Å². The standard InChI is InChI=1S/C21H28N6O3/c1-12-9-26(10-13(2)30-12)16-7-6-14(8-23-16)27-19-17(21(3,4)20(27)29)18(22-5)24-15(11-28)25-19/h6-8,12-13,28H,9-11H2,1-5H3,(H,22,24,25)/t12-,13+. The molecule has 0 aliphatic carbocycles. The SMILES string of the molecule is CNc1nc(CO)nc2c1C(C)(C)C(=O)N2c1ccc(N2C[C@@H](C)O[C@@H](C)C2)nc1. The number of amides is 1. The van der Waals surface area contributed by atoms with Gasteiger partial charge >= 0.3 is 0 Å². The second-order valence-corrected chi connectivity index (χ2v) is 8.40. The number of aromatic nitrogens is 3. The van der Waals surface area contributed by atoms with E-state index < -0.39 is 5.41 Å². The lowest BCUT2D eigenvalue weighted by molar-refractivity contribution is -0.121. The second kappa shape index (κ2) is 7.48. The molecule has 2 aliphatic heterocycles. The van der Waals surface area contributed by atoms with E-state index in [1.165, 1.54) is 0 Å². The van der Waals surface area contributed by atoms with Crippen LogP contribution in [0.15, 0.2) is 18.3 Å². The summed E-state index contributed by atoms with van der Waals surface area (Å²) in [6.07, 6.45) is 1.97. The van der Waals surface area contributed by atoms with Gasteiger partial charge in [0.1, 0.15) is 24.1 Å². The number of carbonyl (C=O) groups excluding carboxylic acids is 1. The van der Waals surface area contributed by atoms with Crippen molar-refractivity contribution in [2.24, 2.45) is 0 Å². The number of nitrogens with zero attached hydrogens (tertiary/aromatic N) is 5. The third-order valence-electron chi connectivity index (χ3n) is 5.62. The van der Waals surface area contributed by atoms with Crippen LogP contribution in [-0.2, 0) is 21.6 Å². The van der Waals surface area contributed by atoms with Crippen LogP contribution in [0.1, 0.15) is 39.1 Å². The minimum atomic E-state index is -0.810. The van der Waals surface area contributed by atoms with Gasteiger partial charge < -0.3 is 20.1 Å². The molecular formula is C21H28N6O3. The highest BCUT2D eigenvalue weighted by molar-refractivity contribution is 6.12. The Bertz CT molecular complexity index is 952. The van der Waals surface area contributed by atoms with E-state index >= 15 is 0 Å². The van der Waals surface area contributed by atoms with Crippen LogP contribution in [0.3, 0.4) is 0 Å². The molecule has 0 bridgehead atoms. The Labute approximate surface area is 176 Å². The maximum atomic E-state index is 13.3. The van der Waals surface area contributed by atoms with E-state index in [1.807, 2.05) is 26.0 Å². The lowest BCUT2D eigenvalue weighted by Crippen LogP contribution is -2.45. The summed E-state index contributed by atoms with van der Waals surface area (Å²) in [6, 6.07) is 3.81. The summed E-state index contributed by atoms with van der Waals surface area (Å²) in [5, 5.41) is 12.6. The normalized spacial score (nSPS) is 22.9. The second-order valence-electron chi connectivity index (χ2n) is 8.40. The summed E-state index contributed by atoms with van der Waals surface area (Å²) in [5.74, 6) is 2.03. The number of aliphatic hydroxyl groups excluding tert-OH is 1. The maximum absolute atomic E-state index is 13.3. The minimum Gasteiger partial charge on any atom is -0.388 e. The van der Waals surface area contributed by atoms with Gasteiger partial charge in [0.25, 0.3) is 0 Å². The fourth-order valence-corrected chi connectivity index (χ4v) is 4.27. The van der Waals surface area contributed by atoms with Gasteiger partial charge in [0, 0.05) is 20.1 Å². The zero-order valence-corrected chi connectivity index (χ0v) is 18.0. The van der Waals surface area contributed by atoms with Gasteiger partial charge in [0.05, 0.1) is 35.1 Å². The third kappa shape index (κ3) is 3.27. The van der Waals surface area contributed by atoms with Crippen LogP contribution in [0, 0.1) is 0 Å². The molecule has 4 heterocycles. The van der Waals surface area contributed by atoms with Crippen molar-refractivity contribution >= 4 is 29.0 Å². The van der Waals surface area contributed by atoms with E-state index in [0.717, 1.165) is 18.9 Å². The predicted molar refractivity (Wildman–Crippen MR) is 114 cm³/mol. The highest BCUT2D eigenvalue weighted by Gasteiger charge is 2.48. The van der Waals surface area contributed by atoms with E-state index in [1.54, 1.807) is 18.1 Å². The lowest BCUT2D eigenvalue weighted by atomic mass is 9.87. The summed E-state index contributed by atoms with van der Waals surface area (Å²) in [6.45, 7) is 9.05. The number of carbonyl (C=O) groups is 1. The minimum absolute atomic E-state index is 0.110. The van der Waals surface area contributed by atoms with Gasteiger partial charge in [-0.15, -0.1) is 0 Å². The van der Waals surface area contributed by atoms with Gasteiger partial charge in [0.15, 0.2) is 5.82 Å². The van der Waals surface area contributed by atoms with E-state index in [2.05, 4.69) is 39.0 Å². The smallest absolute Gasteiger partial charge is 0.243 e. The highest BCUT2D eigenvalue weighted by atomic mass is 16.5. The number of hydrogen-bond acceptors (Lipinski definition) is 8. The van der Waals surface area contributed by atoms with Gasteiger partial charge in [-0.25, -0.2) is 15.0 Å². The third-order valence-corrected chi connectivity index (χ3v) is 5.62. The van der Waals surface area contributed by atoms with Crippen molar-refractivity contribution < 1.29 is 14.6 Å². The number of anilines is 4. The summed E-state index contributed by atoms with van der Waals surface area (Å²) in [4.78, 5) is 30.5.